The van der Waals surface area contributed by atoms with E-state index in [-0.39, 0.29) is 18.6 Å². The van der Waals surface area contributed by atoms with Crippen molar-refractivity contribution in [3.05, 3.63) is 48.6 Å². The number of carbonyl (C=O) groups is 2. The topological polar surface area (TPSA) is 70.7 Å². The fourth-order valence-corrected chi connectivity index (χ4v) is 2.29. The largest absolute Gasteiger partial charge is 0.371 e. The number of imide groups is 1. The molecule has 1 unspecified atom stereocenters. The lowest BCUT2D eigenvalue weighted by Crippen LogP contribution is -2.47. The summed E-state index contributed by atoms with van der Waals surface area (Å²) >= 11 is 0. The van der Waals surface area contributed by atoms with Gasteiger partial charge in [-0.3, -0.25) is 15.0 Å². The molecule has 6 nitrogen and oxygen atoms in total. The van der Waals surface area contributed by atoms with Crippen LogP contribution in [0.3, 0.4) is 0 Å². The normalized spacial score (nSPS) is 18.5. The van der Waals surface area contributed by atoms with Crippen LogP contribution in [0.25, 0.3) is 0 Å². The molecule has 1 atom stereocenters. The number of nitrogens with zero attached hydrogens (tertiary/aromatic N) is 1. The second-order valence-corrected chi connectivity index (χ2v) is 5.05. The standard InChI is InChI=1S/C16H21N3O3/c1-2-8-17-16(21)18-15(20)12-19-9-10-22-14(11-19)13-6-4-3-5-7-13/h2-7,14H,1,8-12H2,(H2,17,18,20,21). The minimum atomic E-state index is -0.502. The second-order valence-electron chi connectivity index (χ2n) is 5.05. The Balaban J connectivity index is 1.81. The molecule has 0 aliphatic carbocycles. The summed E-state index contributed by atoms with van der Waals surface area (Å²) < 4.78 is 5.75. The number of benzene rings is 1. The number of rotatable bonds is 5. The van der Waals surface area contributed by atoms with E-state index in [9.17, 15) is 9.59 Å². The Bertz CT molecular complexity index is 519. The first-order chi connectivity index (χ1) is 10.7. The molecule has 0 bridgehead atoms. The van der Waals surface area contributed by atoms with Crippen molar-refractivity contribution in [2.45, 2.75) is 6.10 Å². The Morgan fingerprint density at radius 1 is 1.36 bits per heavy atom. The van der Waals surface area contributed by atoms with Gasteiger partial charge in [-0.05, 0) is 5.56 Å². The van der Waals surface area contributed by atoms with Gasteiger partial charge in [0, 0.05) is 19.6 Å². The quantitative estimate of drug-likeness (QED) is 0.798. The first-order valence-electron chi connectivity index (χ1n) is 7.26. The maximum atomic E-state index is 11.8. The molecule has 22 heavy (non-hydrogen) atoms. The smallest absolute Gasteiger partial charge is 0.321 e. The van der Waals surface area contributed by atoms with Crippen molar-refractivity contribution in [1.82, 2.24) is 15.5 Å². The third-order valence-corrected chi connectivity index (χ3v) is 3.35. The molecule has 2 rings (SSSR count). The molecule has 1 aliphatic heterocycles. The van der Waals surface area contributed by atoms with E-state index in [1.807, 2.05) is 35.2 Å². The van der Waals surface area contributed by atoms with Crippen LogP contribution < -0.4 is 10.6 Å². The van der Waals surface area contributed by atoms with E-state index in [4.69, 9.17) is 4.74 Å². The summed E-state index contributed by atoms with van der Waals surface area (Å²) in [4.78, 5) is 25.2. The van der Waals surface area contributed by atoms with Gasteiger partial charge in [0.15, 0.2) is 0 Å². The molecule has 0 spiro atoms. The Labute approximate surface area is 130 Å². The number of ether oxygens (including phenoxy) is 1. The monoisotopic (exact) mass is 303 g/mol. The fourth-order valence-electron chi connectivity index (χ4n) is 2.29. The number of morpholine rings is 1. The third kappa shape index (κ3) is 4.98. The van der Waals surface area contributed by atoms with Gasteiger partial charge in [-0.2, -0.15) is 0 Å². The van der Waals surface area contributed by atoms with E-state index < -0.39 is 6.03 Å². The molecule has 0 saturated carbocycles. The van der Waals surface area contributed by atoms with Gasteiger partial charge in [-0.1, -0.05) is 36.4 Å². The number of amides is 3. The van der Waals surface area contributed by atoms with Gasteiger partial charge in [0.05, 0.1) is 19.3 Å². The zero-order chi connectivity index (χ0) is 15.8. The SMILES string of the molecule is C=CCNC(=O)NC(=O)CN1CCOC(c2ccccc2)C1. The van der Waals surface area contributed by atoms with Gasteiger partial charge in [-0.25, -0.2) is 4.79 Å². The average Bonchev–Trinajstić information content (AvgIpc) is 2.54. The molecule has 1 aromatic rings. The number of urea groups is 1. The molecule has 3 amide bonds. The summed E-state index contributed by atoms with van der Waals surface area (Å²) in [7, 11) is 0. The molecule has 1 saturated heterocycles. The van der Waals surface area contributed by atoms with Crippen molar-refractivity contribution in [1.29, 1.82) is 0 Å². The van der Waals surface area contributed by atoms with Crippen LogP contribution in [0.4, 0.5) is 4.79 Å². The summed E-state index contributed by atoms with van der Waals surface area (Å²) in [5, 5.41) is 4.80. The van der Waals surface area contributed by atoms with Gasteiger partial charge >= 0.3 is 6.03 Å². The zero-order valence-electron chi connectivity index (χ0n) is 12.5. The highest BCUT2D eigenvalue weighted by molar-refractivity contribution is 5.95. The second kappa shape index (κ2) is 8.31. The van der Waals surface area contributed by atoms with Crippen molar-refractivity contribution in [2.75, 3.05) is 32.8 Å². The van der Waals surface area contributed by atoms with Crippen LogP contribution >= 0.6 is 0 Å². The van der Waals surface area contributed by atoms with E-state index in [0.717, 1.165) is 5.56 Å². The molecule has 1 aliphatic rings. The van der Waals surface area contributed by atoms with Gasteiger partial charge in [0.2, 0.25) is 5.91 Å². The van der Waals surface area contributed by atoms with Crippen LogP contribution in [0.2, 0.25) is 0 Å². The maximum absolute atomic E-state index is 11.8. The van der Waals surface area contributed by atoms with Crippen molar-refractivity contribution in [3.8, 4) is 0 Å². The van der Waals surface area contributed by atoms with Crippen LogP contribution in [0.5, 0.6) is 0 Å². The lowest BCUT2D eigenvalue weighted by molar-refractivity contribution is -0.123. The zero-order valence-corrected chi connectivity index (χ0v) is 12.5. The van der Waals surface area contributed by atoms with Crippen LogP contribution in [-0.2, 0) is 9.53 Å². The molecule has 6 heteroatoms. The van der Waals surface area contributed by atoms with E-state index in [1.165, 1.54) is 0 Å². The molecule has 0 radical (unpaired) electrons. The van der Waals surface area contributed by atoms with Crippen molar-refractivity contribution in [3.63, 3.8) is 0 Å². The van der Waals surface area contributed by atoms with Gasteiger partial charge in [0.1, 0.15) is 0 Å². The van der Waals surface area contributed by atoms with E-state index >= 15 is 0 Å². The number of hydrogen-bond acceptors (Lipinski definition) is 4. The third-order valence-electron chi connectivity index (χ3n) is 3.35. The Hall–Kier alpha value is -2.18. The first kappa shape index (κ1) is 16.2. The van der Waals surface area contributed by atoms with Crippen molar-refractivity contribution >= 4 is 11.9 Å². The summed E-state index contributed by atoms with van der Waals surface area (Å²) in [6.07, 6.45) is 1.51. The Morgan fingerprint density at radius 2 is 2.14 bits per heavy atom. The van der Waals surface area contributed by atoms with Crippen LogP contribution in [0, 0.1) is 0 Å². The fraction of sp³-hybridized carbons (Fsp3) is 0.375. The van der Waals surface area contributed by atoms with Crippen LogP contribution in [0.1, 0.15) is 11.7 Å². The minimum absolute atomic E-state index is 0.0441. The van der Waals surface area contributed by atoms with E-state index in [2.05, 4.69) is 17.2 Å². The molecular weight excluding hydrogens is 282 g/mol. The summed E-state index contributed by atoms with van der Waals surface area (Å²) in [6.45, 7) is 5.86. The highest BCUT2D eigenvalue weighted by Gasteiger charge is 2.23. The lowest BCUT2D eigenvalue weighted by Gasteiger charge is -2.32. The van der Waals surface area contributed by atoms with Crippen molar-refractivity contribution < 1.29 is 14.3 Å². The summed E-state index contributed by atoms with van der Waals surface area (Å²) in [5.41, 5.74) is 1.09. The lowest BCUT2D eigenvalue weighted by atomic mass is 10.1. The molecule has 1 heterocycles. The van der Waals surface area contributed by atoms with Crippen molar-refractivity contribution in [2.24, 2.45) is 0 Å². The maximum Gasteiger partial charge on any atom is 0.321 e. The van der Waals surface area contributed by atoms with E-state index in [1.54, 1.807) is 6.08 Å². The van der Waals surface area contributed by atoms with Crippen LogP contribution in [0.15, 0.2) is 43.0 Å². The highest BCUT2D eigenvalue weighted by atomic mass is 16.5. The van der Waals surface area contributed by atoms with Gasteiger partial charge in [-0.15, -0.1) is 6.58 Å². The molecule has 2 N–H and O–H groups in total. The number of hydrogen-bond donors (Lipinski definition) is 2. The highest BCUT2D eigenvalue weighted by Crippen LogP contribution is 2.21. The van der Waals surface area contributed by atoms with Crippen LogP contribution in [-0.4, -0.2) is 49.6 Å². The minimum Gasteiger partial charge on any atom is -0.371 e. The molecule has 1 fully saturated rings. The number of carbonyl (C=O) groups excluding carboxylic acids is 2. The van der Waals surface area contributed by atoms with Gasteiger partial charge < -0.3 is 10.1 Å². The summed E-state index contributed by atoms with van der Waals surface area (Å²) in [5.74, 6) is -0.324. The predicted molar refractivity (Wildman–Crippen MR) is 83.3 cm³/mol. The molecule has 118 valence electrons. The predicted octanol–water partition coefficient (Wildman–Crippen LogP) is 1.07. The first-order valence-corrected chi connectivity index (χ1v) is 7.26. The molecular formula is C16H21N3O3. The summed E-state index contributed by atoms with van der Waals surface area (Å²) in [6, 6.07) is 9.41. The molecule has 0 aromatic heterocycles. The molecule has 1 aromatic carbocycles. The van der Waals surface area contributed by atoms with Gasteiger partial charge in [0.25, 0.3) is 0 Å². The Morgan fingerprint density at radius 3 is 2.86 bits per heavy atom. The van der Waals surface area contributed by atoms with E-state index in [0.29, 0.717) is 26.2 Å². The average molecular weight is 303 g/mol. The Kier molecular flexibility index (Phi) is 6.12. The number of nitrogens with one attached hydrogen (secondary N) is 2.